The maximum atomic E-state index is 13.2. The van der Waals surface area contributed by atoms with E-state index in [9.17, 15) is 23.2 Å². The molecule has 6 nitrogen and oxygen atoms in total. The smallest absolute Gasteiger partial charge is 0.305 e. The molecule has 2 amide bonds. The molecule has 0 aromatic heterocycles. The van der Waals surface area contributed by atoms with Crippen molar-refractivity contribution in [2.45, 2.75) is 12.5 Å². The van der Waals surface area contributed by atoms with Crippen LogP contribution >= 0.6 is 0 Å². The highest BCUT2D eigenvalue weighted by molar-refractivity contribution is 5.99. The molecule has 0 spiro atoms. The number of piperazine rings is 1. The van der Waals surface area contributed by atoms with Gasteiger partial charge in [-0.05, 0) is 18.2 Å². The molecule has 1 fully saturated rings. The van der Waals surface area contributed by atoms with Crippen molar-refractivity contribution in [3.8, 4) is 0 Å². The number of carboxylic acid groups (broad SMARTS) is 1. The molecule has 1 aromatic carbocycles. The fourth-order valence-corrected chi connectivity index (χ4v) is 2.12. The molecule has 1 aliphatic rings. The maximum absolute atomic E-state index is 13.2. The van der Waals surface area contributed by atoms with Crippen molar-refractivity contribution < 1.29 is 28.3 Å². The Kier molecular flexibility index (Phi) is 4.15. The van der Waals surface area contributed by atoms with Gasteiger partial charge in [-0.3, -0.25) is 14.4 Å². The Hall–Kier alpha value is -2.51. The molecule has 21 heavy (non-hydrogen) atoms. The number of rotatable bonds is 3. The van der Waals surface area contributed by atoms with Gasteiger partial charge in [0.2, 0.25) is 5.91 Å². The highest BCUT2D eigenvalue weighted by Crippen LogP contribution is 2.16. The van der Waals surface area contributed by atoms with Gasteiger partial charge >= 0.3 is 5.97 Å². The Morgan fingerprint density at radius 1 is 1.33 bits per heavy atom. The van der Waals surface area contributed by atoms with Crippen LogP contribution in [0.5, 0.6) is 0 Å². The van der Waals surface area contributed by atoms with Crippen LogP contribution in [0.2, 0.25) is 0 Å². The van der Waals surface area contributed by atoms with Crippen molar-refractivity contribution in [3.05, 3.63) is 35.4 Å². The number of halogens is 2. The molecule has 1 heterocycles. The number of nitrogens with one attached hydrogen (secondary N) is 1. The van der Waals surface area contributed by atoms with Crippen molar-refractivity contribution in [2.24, 2.45) is 0 Å². The summed E-state index contributed by atoms with van der Waals surface area (Å²) in [7, 11) is 0. The summed E-state index contributed by atoms with van der Waals surface area (Å²) in [6.45, 7) is 0.270. The molecule has 0 radical (unpaired) electrons. The third kappa shape index (κ3) is 3.15. The van der Waals surface area contributed by atoms with Crippen molar-refractivity contribution in [3.63, 3.8) is 0 Å². The first kappa shape index (κ1) is 14.9. The Balaban J connectivity index is 2.27. The van der Waals surface area contributed by atoms with E-state index in [4.69, 9.17) is 5.11 Å². The summed E-state index contributed by atoms with van der Waals surface area (Å²) in [5.41, 5.74) is -0.140. The lowest BCUT2D eigenvalue weighted by Crippen LogP contribution is -2.57. The number of benzene rings is 1. The normalized spacial score (nSPS) is 18.3. The van der Waals surface area contributed by atoms with Crippen molar-refractivity contribution in [2.75, 3.05) is 13.1 Å². The average molecular weight is 298 g/mol. The fraction of sp³-hybridized carbons (Fsp3) is 0.308. The van der Waals surface area contributed by atoms with E-state index >= 15 is 0 Å². The average Bonchev–Trinajstić information content (AvgIpc) is 2.43. The van der Waals surface area contributed by atoms with Crippen LogP contribution in [0.4, 0.5) is 8.78 Å². The number of carbonyl (C=O) groups is 3. The lowest BCUT2D eigenvalue weighted by atomic mass is 10.1. The van der Waals surface area contributed by atoms with Crippen molar-refractivity contribution >= 4 is 17.8 Å². The maximum Gasteiger partial charge on any atom is 0.305 e. The molecule has 112 valence electrons. The van der Waals surface area contributed by atoms with E-state index in [1.54, 1.807) is 0 Å². The van der Waals surface area contributed by atoms with Gasteiger partial charge in [-0.25, -0.2) is 8.78 Å². The zero-order valence-corrected chi connectivity index (χ0v) is 10.8. The predicted octanol–water partition coefficient (Wildman–Crippen LogP) is 0.380. The summed E-state index contributed by atoms with van der Waals surface area (Å²) in [5.74, 6) is -4.81. The molecule has 1 aliphatic heterocycles. The molecule has 1 atom stereocenters. The molecule has 2 N–H and O–H groups in total. The molecule has 8 heteroatoms. The molecule has 1 aromatic rings. The zero-order valence-electron chi connectivity index (χ0n) is 10.8. The highest BCUT2D eigenvalue weighted by atomic mass is 19.2. The third-order valence-corrected chi connectivity index (χ3v) is 3.13. The van der Waals surface area contributed by atoms with E-state index < -0.39 is 41.9 Å². The zero-order chi connectivity index (χ0) is 15.6. The van der Waals surface area contributed by atoms with Crippen LogP contribution < -0.4 is 5.32 Å². The second kappa shape index (κ2) is 5.86. The van der Waals surface area contributed by atoms with E-state index in [0.717, 1.165) is 23.1 Å². The molecular formula is C13H12F2N2O4. The number of hydrogen-bond donors (Lipinski definition) is 2. The van der Waals surface area contributed by atoms with Gasteiger partial charge in [-0.2, -0.15) is 0 Å². The Labute approximate surface area is 118 Å². The van der Waals surface area contributed by atoms with E-state index in [1.807, 2.05) is 0 Å². The van der Waals surface area contributed by atoms with Gasteiger partial charge in [0.1, 0.15) is 6.04 Å². The lowest BCUT2D eigenvalue weighted by molar-refractivity contribution is -0.142. The van der Waals surface area contributed by atoms with Crippen molar-refractivity contribution in [1.29, 1.82) is 0 Å². The largest absolute Gasteiger partial charge is 0.481 e. The van der Waals surface area contributed by atoms with Gasteiger partial charge in [0.05, 0.1) is 6.42 Å². The molecular weight excluding hydrogens is 286 g/mol. The molecule has 0 bridgehead atoms. The standard InChI is InChI=1S/C13H12F2N2O4/c14-8-2-1-7(5-9(8)15)13(21)17-4-3-16-12(20)10(17)6-11(18)19/h1-2,5,10H,3-4,6H2,(H,16,20)(H,18,19). The van der Waals surface area contributed by atoms with E-state index in [0.29, 0.717) is 0 Å². The van der Waals surface area contributed by atoms with Crippen LogP contribution in [-0.2, 0) is 9.59 Å². The van der Waals surface area contributed by atoms with Gasteiger partial charge < -0.3 is 15.3 Å². The number of carbonyl (C=O) groups excluding carboxylic acids is 2. The SMILES string of the molecule is O=C(O)CC1C(=O)NCCN1C(=O)c1ccc(F)c(F)c1. The Bertz CT molecular complexity index is 606. The number of nitrogens with zero attached hydrogens (tertiary/aromatic N) is 1. The quantitative estimate of drug-likeness (QED) is 0.844. The van der Waals surface area contributed by atoms with E-state index in [1.165, 1.54) is 0 Å². The first-order chi connectivity index (χ1) is 9.90. The Morgan fingerprint density at radius 3 is 2.67 bits per heavy atom. The second-order valence-corrected chi connectivity index (χ2v) is 4.53. The van der Waals surface area contributed by atoms with Crippen LogP contribution in [0.15, 0.2) is 18.2 Å². The van der Waals surface area contributed by atoms with Gasteiger partial charge in [-0.15, -0.1) is 0 Å². The van der Waals surface area contributed by atoms with Crippen molar-refractivity contribution in [1.82, 2.24) is 10.2 Å². The number of carboxylic acids is 1. The molecule has 1 unspecified atom stereocenters. The van der Waals surface area contributed by atoms with Crippen LogP contribution in [0, 0.1) is 11.6 Å². The van der Waals surface area contributed by atoms with E-state index in [2.05, 4.69) is 5.32 Å². The summed E-state index contributed by atoms with van der Waals surface area (Å²) in [4.78, 5) is 35.8. The highest BCUT2D eigenvalue weighted by Gasteiger charge is 2.35. The first-order valence-electron chi connectivity index (χ1n) is 6.15. The minimum atomic E-state index is -1.24. The van der Waals surface area contributed by atoms with Crippen LogP contribution in [-0.4, -0.2) is 46.9 Å². The summed E-state index contributed by atoms with van der Waals surface area (Å²) in [6, 6.07) is 1.45. The summed E-state index contributed by atoms with van der Waals surface area (Å²) < 4.78 is 26.0. The fourth-order valence-electron chi connectivity index (χ4n) is 2.12. The molecule has 2 rings (SSSR count). The lowest BCUT2D eigenvalue weighted by Gasteiger charge is -2.34. The summed E-state index contributed by atoms with van der Waals surface area (Å²) in [5, 5.41) is 11.3. The topological polar surface area (TPSA) is 86.7 Å². The number of hydrogen-bond acceptors (Lipinski definition) is 3. The second-order valence-electron chi connectivity index (χ2n) is 4.53. The summed E-state index contributed by atoms with van der Waals surface area (Å²) in [6.07, 6.45) is -0.554. The van der Waals surface area contributed by atoms with Crippen LogP contribution in [0.3, 0.4) is 0 Å². The molecule has 0 aliphatic carbocycles. The van der Waals surface area contributed by atoms with E-state index in [-0.39, 0.29) is 18.7 Å². The van der Waals surface area contributed by atoms with Gasteiger partial charge in [0.25, 0.3) is 5.91 Å². The minimum Gasteiger partial charge on any atom is -0.481 e. The minimum absolute atomic E-state index is 0.0987. The number of amides is 2. The van der Waals surface area contributed by atoms with Gasteiger partial charge in [0, 0.05) is 18.7 Å². The summed E-state index contributed by atoms with van der Waals surface area (Å²) >= 11 is 0. The molecule has 0 saturated carbocycles. The first-order valence-corrected chi connectivity index (χ1v) is 6.15. The van der Waals surface area contributed by atoms with Gasteiger partial charge in [-0.1, -0.05) is 0 Å². The third-order valence-electron chi connectivity index (χ3n) is 3.13. The predicted molar refractivity (Wildman–Crippen MR) is 66.4 cm³/mol. The van der Waals surface area contributed by atoms with Crippen LogP contribution in [0.1, 0.15) is 16.8 Å². The Morgan fingerprint density at radius 2 is 2.05 bits per heavy atom. The molecule has 1 saturated heterocycles. The van der Waals surface area contributed by atoms with Gasteiger partial charge in [0.15, 0.2) is 11.6 Å². The number of aliphatic carboxylic acids is 1. The monoisotopic (exact) mass is 298 g/mol. The van der Waals surface area contributed by atoms with Crippen LogP contribution in [0.25, 0.3) is 0 Å².